The highest BCUT2D eigenvalue weighted by Crippen LogP contribution is 2.33. The van der Waals surface area contributed by atoms with Crippen LogP contribution in [-0.4, -0.2) is 6.54 Å². The Balaban J connectivity index is 2.62. The molecule has 21 heavy (non-hydrogen) atoms. The minimum atomic E-state index is -1.02. The van der Waals surface area contributed by atoms with Gasteiger partial charge in [0.25, 0.3) is 0 Å². The third kappa shape index (κ3) is 3.27. The second-order valence-corrected chi connectivity index (χ2v) is 5.21. The Morgan fingerprint density at radius 3 is 2.24 bits per heavy atom. The minimum absolute atomic E-state index is 0.110. The summed E-state index contributed by atoms with van der Waals surface area (Å²) in [4.78, 5) is 0. The fourth-order valence-electron chi connectivity index (χ4n) is 2.14. The van der Waals surface area contributed by atoms with Gasteiger partial charge in [0.2, 0.25) is 0 Å². The first-order chi connectivity index (χ1) is 9.95. The van der Waals surface area contributed by atoms with Crippen LogP contribution in [0.1, 0.15) is 24.1 Å². The van der Waals surface area contributed by atoms with Crippen molar-refractivity contribution in [3.8, 4) is 0 Å². The molecule has 0 aromatic heterocycles. The van der Waals surface area contributed by atoms with Crippen molar-refractivity contribution in [2.75, 3.05) is 6.54 Å². The molecule has 0 aliphatic rings. The summed E-state index contributed by atoms with van der Waals surface area (Å²) in [5, 5.41) is 2.89. The Kier molecular flexibility index (Phi) is 5.00. The third-order valence-corrected chi connectivity index (χ3v) is 3.87. The van der Waals surface area contributed by atoms with Gasteiger partial charge in [-0.15, -0.1) is 0 Å². The van der Waals surface area contributed by atoms with Gasteiger partial charge in [-0.3, -0.25) is 0 Å². The Labute approximate surface area is 128 Å². The van der Waals surface area contributed by atoms with Crippen molar-refractivity contribution < 1.29 is 17.6 Å². The van der Waals surface area contributed by atoms with Crippen molar-refractivity contribution in [2.45, 2.75) is 13.0 Å². The molecule has 1 atom stereocenters. The van der Waals surface area contributed by atoms with Crippen LogP contribution in [0.4, 0.5) is 17.6 Å². The van der Waals surface area contributed by atoms with Gasteiger partial charge >= 0.3 is 0 Å². The predicted octanol–water partition coefficient (Wildman–Crippen LogP) is 4.70. The first kappa shape index (κ1) is 16.0. The van der Waals surface area contributed by atoms with Crippen LogP contribution in [0.2, 0.25) is 0 Å². The molecule has 0 saturated heterocycles. The lowest BCUT2D eigenvalue weighted by atomic mass is 9.97. The van der Waals surface area contributed by atoms with E-state index in [2.05, 4.69) is 21.2 Å². The highest BCUT2D eigenvalue weighted by molar-refractivity contribution is 9.10. The zero-order chi connectivity index (χ0) is 15.6. The Morgan fingerprint density at radius 1 is 1.05 bits per heavy atom. The number of nitrogens with one attached hydrogen (secondary N) is 1. The molecule has 2 rings (SSSR count). The Morgan fingerprint density at radius 2 is 1.67 bits per heavy atom. The average Bonchev–Trinajstić information content (AvgIpc) is 2.40. The van der Waals surface area contributed by atoms with E-state index in [9.17, 15) is 17.6 Å². The van der Waals surface area contributed by atoms with Crippen LogP contribution in [0.25, 0.3) is 0 Å². The lowest BCUT2D eigenvalue weighted by Crippen LogP contribution is -2.25. The maximum absolute atomic E-state index is 14.0. The van der Waals surface area contributed by atoms with E-state index in [4.69, 9.17) is 0 Å². The summed E-state index contributed by atoms with van der Waals surface area (Å²) in [6.45, 7) is 2.14. The summed E-state index contributed by atoms with van der Waals surface area (Å²) in [6, 6.07) is 4.50. The second-order valence-electron chi connectivity index (χ2n) is 4.42. The summed E-state index contributed by atoms with van der Waals surface area (Å²) in [7, 11) is 0. The lowest BCUT2D eigenvalue weighted by molar-refractivity contribution is 0.489. The van der Waals surface area contributed by atoms with Gasteiger partial charge < -0.3 is 5.32 Å². The van der Waals surface area contributed by atoms with Gasteiger partial charge in [0, 0.05) is 17.7 Å². The quantitative estimate of drug-likeness (QED) is 0.778. The average molecular weight is 362 g/mol. The molecule has 0 spiro atoms. The molecule has 1 nitrogen and oxygen atoms in total. The van der Waals surface area contributed by atoms with Gasteiger partial charge in [0.1, 0.15) is 23.3 Å². The van der Waals surface area contributed by atoms with Crippen LogP contribution in [0.3, 0.4) is 0 Å². The van der Waals surface area contributed by atoms with Gasteiger partial charge in [-0.2, -0.15) is 0 Å². The zero-order valence-corrected chi connectivity index (χ0v) is 12.6. The minimum Gasteiger partial charge on any atom is -0.306 e. The standard InChI is InChI=1S/C15H12BrF4N/c1-2-21-15(9-4-3-5-10(18)14(9)16)13-11(19)6-8(17)7-12(13)20/h3-7,15,21H,2H2,1H3. The third-order valence-electron chi connectivity index (χ3n) is 3.03. The molecule has 112 valence electrons. The van der Waals surface area contributed by atoms with Crippen LogP contribution in [-0.2, 0) is 0 Å². The van der Waals surface area contributed by atoms with E-state index in [0.717, 1.165) is 0 Å². The smallest absolute Gasteiger partial charge is 0.137 e. The topological polar surface area (TPSA) is 12.0 Å². The molecule has 0 heterocycles. The maximum Gasteiger partial charge on any atom is 0.137 e. The van der Waals surface area contributed by atoms with Crippen LogP contribution in [0.5, 0.6) is 0 Å². The van der Waals surface area contributed by atoms with Crippen molar-refractivity contribution in [1.82, 2.24) is 5.32 Å². The molecule has 0 fully saturated rings. The van der Waals surface area contributed by atoms with E-state index < -0.39 is 29.3 Å². The molecule has 6 heteroatoms. The van der Waals surface area contributed by atoms with E-state index in [1.165, 1.54) is 12.1 Å². The monoisotopic (exact) mass is 361 g/mol. The lowest BCUT2D eigenvalue weighted by Gasteiger charge is -2.21. The summed E-state index contributed by atoms with van der Waals surface area (Å²) in [5.74, 6) is -3.58. The van der Waals surface area contributed by atoms with Crippen molar-refractivity contribution >= 4 is 15.9 Å². The van der Waals surface area contributed by atoms with Crippen molar-refractivity contribution in [3.63, 3.8) is 0 Å². The number of benzene rings is 2. The summed E-state index contributed by atoms with van der Waals surface area (Å²) in [6.07, 6.45) is 0. The molecule has 2 aromatic carbocycles. The van der Waals surface area contributed by atoms with E-state index >= 15 is 0 Å². The molecular formula is C15H12BrF4N. The van der Waals surface area contributed by atoms with E-state index in [1.54, 1.807) is 13.0 Å². The molecule has 0 aliphatic heterocycles. The van der Waals surface area contributed by atoms with Crippen LogP contribution >= 0.6 is 15.9 Å². The van der Waals surface area contributed by atoms with Gasteiger partial charge in [-0.1, -0.05) is 19.1 Å². The van der Waals surface area contributed by atoms with Crippen molar-refractivity contribution in [1.29, 1.82) is 0 Å². The molecule has 2 aromatic rings. The largest absolute Gasteiger partial charge is 0.306 e. The summed E-state index contributed by atoms with van der Waals surface area (Å²) < 4.78 is 54.7. The first-order valence-corrected chi connectivity index (χ1v) is 7.06. The van der Waals surface area contributed by atoms with E-state index in [1.807, 2.05) is 0 Å². The second kappa shape index (κ2) is 6.58. The molecule has 0 radical (unpaired) electrons. The molecule has 0 aliphatic carbocycles. The highest BCUT2D eigenvalue weighted by atomic mass is 79.9. The Bertz CT molecular complexity index is 637. The van der Waals surface area contributed by atoms with Crippen LogP contribution in [0, 0.1) is 23.3 Å². The number of halogens is 5. The van der Waals surface area contributed by atoms with Crippen LogP contribution in [0.15, 0.2) is 34.8 Å². The summed E-state index contributed by atoms with van der Waals surface area (Å²) >= 11 is 3.08. The predicted molar refractivity (Wildman–Crippen MR) is 75.9 cm³/mol. The zero-order valence-electron chi connectivity index (χ0n) is 11.1. The van der Waals surface area contributed by atoms with Gasteiger partial charge in [-0.05, 0) is 34.1 Å². The molecule has 1 N–H and O–H groups in total. The fourth-order valence-corrected chi connectivity index (χ4v) is 2.64. The number of hydrogen-bond acceptors (Lipinski definition) is 1. The van der Waals surface area contributed by atoms with Crippen molar-refractivity contribution in [2.24, 2.45) is 0 Å². The maximum atomic E-state index is 14.0. The molecule has 0 bridgehead atoms. The number of rotatable bonds is 4. The summed E-state index contributed by atoms with van der Waals surface area (Å²) in [5.41, 5.74) is -0.00851. The van der Waals surface area contributed by atoms with E-state index in [0.29, 0.717) is 24.2 Å². The van der Waals surface area contributed by atoms with Gasteiger partial charge in [-0.25, -0.2) is 17.6 Å². The van der Waals surface area contributed by atoms with Crippen LogP contribution < -0.4 is 5.32 Å². The fraction of sp³-hybridized carbons (Fsp3) is 0.200. The normalized spacial score (nSPS) is 12.5. The van der Waals surface area contributed by atoms with Crippen molar-refractivity contribution in [3.05, 3.63) is 69.2 Å². The molecule has 0 amide bonds. The van der Waals surface area contributed by atoms with Gasteiger partial charge in [0.15, 0.2) is 0 Å². The molecule has 1 unspecified atom stereocenters. The molecule has 0 saturated carbocycles. The molecular weight excluding hydrogens is 350 g/mol. The number of hydrogen-bond donors (Lipinski definition) is 1. The first-order valence-electron chi connectivity index (χ1n) is 6.27. The van der Waals surface area contributed by atoms with Gasteiger partial charge in [0.05, 0.1) is 10.5 Å². The Hall–Kier alpha value is -1.40. The highest BCUT2D eigenvalue weighted by Gasteiger charge is 2.25. The SMILES string of the molecule is CCNC(c1cccc(F)c1Br)c1c(F)cc(F)cc1F. The van der Waals surface area contributed by atoms with E-state index in [-0.39, 0.29) is 10.0 Å².